The first-order valence-electron chi connectivity index (χ1n) is 5.42. The molecule has 1 fully saturated rings. The second kappa shape index (κ2) is 4.96. The van der Waals surface area contributed by atoms with E-state index >= 15 is 0 Å². The van der Waals surface area contributed by atoms with Crippen LogP contribution in [-0.2, 0) is 10.0 Å². The number of halogens is 1. The van der Waals surface area contributed by atoms with Gasteiger partial charge in [0.2, 0.25) is 10.0 Å². The molecule has 0 saturated carbocycles. The third kappa shape index (κ3) is 3.69. The number of nitrogens with one attached hydrogen (secondary N) is 1. The zero-order valence-corrected chi connectivity index (χ0v) is 12.0. The van der Waals surface area contributed by atoms with Crippen molar-refractivity contribution in [2.45, 2.75) is 12.5 Å². The summed E-state index contributed by atoms with van der Waals surface area (Å²) < 4.78 is 26.0. The van der Waals surface area contributed by atoms with E-state index in [2.05, 4.69) is 25.6 Å². The highest BCUT2D eigenvalue weighted by molar-refractivity contribution is 9.10. The molecule has 0 amide bonds. The first-order chi connectivity index (χ1) is 7.94. The molecule has 0 radical (unpaired) electrons. The minimum absolute atomic E-state index is 0.0176. The maximum atomic E-state index is 11.1. The van der Waals surface area contributed by atoms with E-state index in [1.165, 1.54) is 6.26 Å². The Balaban J connectivity index is 2.03. The fourth-order valence-corrected chi connectivity index (χ4v) is 3.25. The van der Waals surface area contributed by atoms with Crippen molar-refractivity contribution in [2.75, 3.05) is 24.2 Å². The van der Waals surface area contributed by atoms with Crippen LogP contribution in [0.25, 0.3) is 0 Å². The van der Waals surface area contributed by atoms with Crippen molar-refractivity contribution in [1.82, 2.24) is 4.72 Å². The van der Waals surface area contributed by atoms with Crippen LogP contribution in [0.4, 0.5) is 5.69 Å². The summed E-state index contributed by atoms with van der Waals surface area (Å²) in [5.41, 5.74) is 1.12. The molecule has 17 heavy (non-hydrogen) atoms. The Bertz CT molecular complexity index is 504. The molecule has 1 atom stereocenters. The van der Waals surface area contributed by atoms with Crippen LogP contribution in [0.5, 0.6) is 0 Å². The van der Waals surface area contributed by atoms with Gasteiger partial charge in [0.25, 0.3) is 0 Å². The third-order valence-corrected chi connectivity index (χ3v) is 4.00. The van der Waals surface area contributed by atoms with Gasteiger partial charge in [-0.25, -0.2) is 13.1 Å². The molecule has 0 bridgehead atoms. The molecular formula is C11H15BrN2O2S. The Kier molecular flexibility index (Phi) is 3.75. The van der Waals surface area contributed by atoms with Gasteiger partial charge in [0.15, 0.2) is 0 Å². The molecule has 1 aliphatic rings. The zero-order valence-electron chi connectivity index (χ0n) is 9.56. The standard InChI is InChI=1S/C11H15BrN2O2S/c1-17(15,16)13-10-5-6-14(8-10)11-4-2-3-9(12)7-11/h2-4,7,10,13H,5-6,8H2,1H3. The molecule has 1 N–H and O–H groups in total. The first-order valence-corrected chi connectivity index (χ1v) is 8.10. The van der Waals surface area contributed by atoms with Crippen LogP contribution >= 0.6 is 15.9 Å². The van der Waals surface area contributed by atoms with Crippen molar-refractivity contribution in [3.8, 4) is 0 Å². The second-order valence-corrected chi connectivity index (χ2v) is 7.00. The van der Waals surface area contributed by atoms with Gasteiger partial charge in [-0.2, -0.15) is 0 Å². The molecule has 1 aromatic rings. The van der Waals surface area contributed by atoms with Crippen molar-refractivity contribution in [3.05, 3.63) is 28.7 Å². The lowest BCUT2D eigenvalue weighted by Gasteiger charge is -2.19. The molecule has 1 aliphatic heterocycles. The van der Waals surface area contributed by atoms with Crippen molar-refractivity contribution in [2.24, 2.45) is 0 Å². The molecule has 4 nitrogen and oxygen atoms in total. The number of nitrogens with zero attached hydrogens (tertiary/aromatic N) is 1. The van der Waals surface area contributed by atoms with Gasteiger partial charge >= 0.3 is 0 Å². The average Bonchev–Trinajstić information content (AvgIpc) is 2.63. The van der Waals surface area contributed by atoms with E-state index in [9.17, 15) is 8.42 Å². The Morgan fingerprint density at radius 3 is 2.88 bits per heavy atom. The van der Waals surface area contributed by atoms with Crippen LogP contribution < -0.4 is 9.62 Å². The zero-order chi connectivity index (χ0) is 12.5. The largest absolute Gasteiger partial charge is 0.370 e. The second-order valence-electron chi connectivity index (χ2n) is 4.30. The van der Waals surface area contributed by atoms with Crippen molar-refractivity contribution < 1.29 is 8.42 Å². The van der Waals surface area contributed by atoms with E-state index in [0.29, 0.717) is 0 Å². The lowest BCUT2D eigenvalue weighted by molar-refractivity contribution is 0.567. The van der Waals surface area contributed by atoms with Crippen molar-refractivity contribution in [1.29, 1.82) is 0 Å². The molecule has 0 spiro atoms. The van der Waals surface area contributed by atoms with Crippen LogP contribution in [0, 0.1) is 0 Å². The smallest absolute Gasteiger partial charge is 0.209 e. The fourth-order valence-electron chi connectivity index (χ4n) is 2.07. The summed E-state index contributed by atoms with van der Waals surface area (Å²) in [7, 11) is -3.11. The predicted molar refractivity (Wildman–Crippen MR) is 72.7 cm³/mol. The molecule has 1 saturated heterocycles. The van der Waals surface area contributed by atoms with Gasteiger partial charge < -0.3 is 4.90 Å². The molecule has 0 aromatic heterocycles. The minimum atomic E-state index is -3.11. The Morgan fingerprint density at radius 1 is 1.47 bits per heavy atom. The van der Waals surface area contributed by atoms with Crippen molar-refractivity contribution in [3.63, 3.8) is 0 Å². The summed E-state index contributed by atoms with van der Waals surface area (Å²) in [6.07, 6.45) is 2.05. The van der Waals surface area contributed by atoms with Crippen LogP contribution in [0.3, 0.4) is 0 Å². The SMILES string of the molecule is CS(=O)(=O)NC1CCN(c2cccc(Br)c2)C1. The van der Waals surface area contributed by atoms with E-state index in [0.717, 1.165) is 29.7 Å². The Hall–Kier alpha value is -0.590. The van der Waals surface area contributed by atoms with E-state index < -0.39 is 10.0 Å². The molecule has 0 aliphatic carbocycles. The van der Waals surface area contributed by atoms with Gasteiger partial charge in [0, 0.05) is 29.3 Å². The highest BCUT2D eigenvalue weighted by Crippen LogP contribution is 2.23. The van der Waals surface area contributed by atoms with Crippen molar-refractivity contribution >= 4 is 31.6 Å². The Labute approximate surface area is 110 Å². The normalized spacial score (nSPS) is 20.8. The highest BCUT2D eigenvalue weighted by atomic mass is 79.9. The van der Waals surface area contributed by atoms with E-state index in [1.54, 1.807) is 0 Å². The predicted octanol–water partition coefficient (Wildman–Crippen LogP) is 1.58. The Morgan fingerprint density at radius 2 is 2.24 bits per heavy atom. The number of hydrogen-bond acceptors (Lipinski definition) is 3. The van der Waals surface area contributed by atoms with Gasteiger partial charge in [0.05, 0.1) is 6.26 Å². The van der Waals surface area contributed by atoms with Crippen LogP contribution in [-0.4, -0.2) is 33.8 Å². The molecule has 6 heteroatoms. The molecule has 1 unspecified atom stereocenters. The topological polar surface area (TPSA) is 49.4 Å². The van der Waals surface area contributed by atoms with Crippen LogP contribution in [0.15, 0.2) is 28.7 Å². The monoisotopic (exact) mass is 318 g/mol. The number of rotatable bonds is 3. The molecule has 1 heterocycles. The highest BCUT2D eigenvalue weighted by Gasteiger charge is 2.24. The summed E-state index contributed by atoms with van der Waals surface area (Å²) in [6.45, 7) is 1.60. The van der Waals surface area contributed by atoms with Crippen LogP contribution in [0.1, 0.15) is 6.42 Å². The molecule has 2 rings (SSSR count). The third-order valence-electron chi connectivity index (χ3n) is 2.74. The average molecular weight is 319 g/mol. The quantitative estimate of drug-likeness (QED) is 0.920. The van der Waals surface area contributed by atoms with Gasteiger partial charge in [-0.1, -0.05) is 22.0 Å². The number of hydrogen-bond donors (Lipinski definition) is 1. The molecule has 1 aromatic carbocycles. The maximum Gasteiger partial charge on any atom is 0.209 e. The maximum absolute atomic E-state index is 11.1. The van der Waals surface area contributed by atoms with Gasteiger partial charge in [-0.3, -0.25) is 0 Å². The van der Waals surface area contributed by atoms with Gasteiger partial charge in [0.1, 0.15) is 0 Å². The van der Waals surface area contributed by atoms with E-state index in [1.807, 2.05) is 24.3 Å². The number of sulfonamides is 1. The van der Waals surface area contributed by atoms with Gasteiger partial charge in [-0.15, -0.1) is 0 Å². The fraction of sp³-hybridized carbons (Fsp3) is 0.455. The summed E-state index contributed by atoms with van der Waals surface area (Å²) >= 11 is 3.43. The summed E-state index contributed by atoms with van der Waals surface area (Å²) in [5, 5.41) is 0. The molecular weight excluding hydrogens is 304 g/mol. The summed E-state index contributed by atoms with van der Waals surface area (Å²) in [4.78, 5) is 2.19. The minimum Gasteiger partial charge on any atom is -0.370 e. The number of anilines is 1. The summed E-state index contributed by atoms with van der Waals surface area (Å²) in [5.74, 6) is 0. The van der Waals surface area contributed by atoms with Gasteiger partial charge in [-0.05, 0) is 24.6 Å². The first kappa shape index (κ1) is 12.9. The number of benzene rings is 1. The summed E-state index contributed by atoms with van der Waals surface area (Å²) in [6, 6.07) is 8.06. The van der Waals surface area contributed by atoms with E-state index in [-0.39, 0.29) is 6.04 Å². The molecule has 94 valence electrons. The lowest BCUT2D eigenvalue weighted by atomic mass is 10.3. The lowest BCUT2D eigenvalue weighted by Crippen LogP contribution is -2.36. The van der Waals surface area contributed by atoms with E-state index in [4.69, 9.17) is 0 Å². The van der Waals surface area contributed by atoms with Crippen LogP contribution in [0.2, 0.25) is 0 Å².